The summed E-state index contributed by atoms with van der Waals surface area (Å²) in [6.07, 6.45) is 1.73. The molecule has 0 unspecified atom stereocenters. The van der Waals surface area contributed by atoms with Crippen LogP contribution in [-0.4, -0.2) is 4.98 Å². The second-order valence-corrected chi connectivity index (χ2v) is 5.87. The molecule has 1 aromatic heterocycles. The summed E-state index contributed by atoms with van der Waals surface area (Å²) in [5.74, 6) is 0.175. The van der Waals surface area contributed by atoms with E-state index in [0.717, 1.165) is 25.5 Å². The van der Waals surface area contributed by atoms with Crippen LogP contribution >= 0.6 is 34.2 Å². The quantitative estimate of drug-likeness (QED) is 0.593. The minimum atomic E-state index is -0.344. The van der Waals surface area contributed by atoms with Gasteiger partial charge in [-0.25, -0.2) is 9.37 Å². The van der Waals surface area contributed by atoms with Crippen LogP contribution in [0.15, 0.2) is 42.6 Å². The minimum absolute atomic E-state index is 0.344. The Bertz CT molecular complexity index is 820. The number of rotatable bonds is 1. The van der Waals surface area contributed by atoms with Crippen LogP contribution in [0.5, 0.6) is 0 Å². The van der Waals surface area contributed by atoms with E-state index in [9.17, 15) is 4.39 Å². The maximum absolute atomic E-state index is 13.1. The smallest absolute Gasteiger partial charge is 0.137 e. The highest BCUT2D eigenvalue weighted by Crippen LogP contribution is 2.32. The number of halogens is 3. The van der Waals surface area contributed by atoms with Gasteiger partial charge in [-0.3, -0.25) is 0 Å². The van der Waals surface area contributed by atoms with E-state index in [4.69, 9.17) is 17.3 Å². The first-order valence-electron chi connectivity index (χ1n) is 5.85. The van der Waals surface area contributed by atoms with Gasteiger partial charge in [-0.2, -0.15) is 0 Å². The van der Waals surface area contributed by atoms with Crippen LogP contribution in [0, 0.1) is 9.39 Å². The van der Waals surface area contributed by atoms with Gasteiger partial charge >= 0.3 is 0 Å². The van der Waals surface area contributed by atoms with Gasteiger partial charge in [-0.1, -0.05) is 23.7 Å². The van der Waals surface area contributed by atoms with Crippen LogP contribution in [0.4, 0.5) is 10.2 Å². The SMILES string of the molecule is Nc1ncc2cc(-c3ccc(F)cc3Cl)ccc2c1I. The van der Waals surface area contributed by atoms with Crippen molar-refractivity contribution in [3.05, 3.63) is 57.0 Å². The molecule has 3 rings (SSSR count). The van der Waals surface area contributed by atoms with Crippen LogP contribution < -0.4 is 5.73 Å². The van der Waals surface area contributed by atoms with Gasteiger partial charge < -0.3 is 5.73 Å². The van der Waals surface area contributed by atoms with Gasteiger partial charge in [0.25, 0.3) is 0 Å². The van der Waals surface area contributed by atoms with Crippen molar-refractivity contribution in [3.8, 4) is 11.1 Å². The maximum atomic E-state index is 13.1. The number of anilines is 1. The van der Waals surface area contributed by atoms with Crippen LogP contribution in [-0.2, 0) is 0 Å². The summed E-state index contributed by atoms with van der Waals surface area (Å²) in [6.45, 7) is 0. The Morgan fingerprint density at radius 2 is 1.95 bits per heavy atom. The first-order valence-corrected chi connectivity index (χ1v) is 7.31. The van der Waals surface area contributed by atoms with E-state index in [0.29, 0.717) is 10.8 Å². The third-order valence-electron chi connectivity index (χ3n) is 3.10. The largest absolute Gasteiger partial charge is 0.383 e. The average molecular weight is 399 g/mol. The highest BCUT2D eigenvalue weighted by atomic mass is 127. The van der Waals surface area contributed by atoms with E-state index >= 15 is 0 Å². The summed E-state index contributed by atoms with van der Waals surface area (Å²) in [6, 6.07) is 10.3. The first kappa shape index (κ1) is 13.6. The molecule has 20 heavy (non-hydrogen) atoms. The molecule has 0 atom stereocenters. The lowest BCUT2D eigenvalue weighted by Crippen LogP contribution is -1.94. The molecule has 0 saturated heterocycles. The van der Waals surface area contributed by atoms with Crippen LogP contribution in [0.1, 0.15) is 0 Å². The predicted octanol–water partition coefficient (Wildman–Crippen LogP) is 4.88. The molecule has 0 aliphatic carbocycles. The van der Waals surface area contributed by atoms with Crippen molar-refractivity contribution in [1.82, 2.24) is 4.98 Å². The monoisotopic (exact) mass is 398 g/mol. The third kappa shape index (κ3) is 2.33. The highest BCUT2D eigenvalue weighted by molar-refractivity contribution is 14.1. The zero-order valence-corrected chi connectivity index (χ0v) is 13.1. The van der Waals surface area contributed by atoms with Crippen molar-refractivity contribution in [2.45, 2.75) is 0 Å². The topological polar surface area (TPSA) is 38.9 Å². The molecule has 0 fully saturated rings. The molecule has 2 aromatic carbocycles. The number of nitrogens with two attached hydrogens (primary N) is 1. The highest BCUT2D eigenvalue weighted by Gasteiger charge is 2.08. The Balaban J connectivity index is 2.21. The van der Waals surface area contributed by atoms with E-state index < -0.39 is 0 Å². The predicted molar refractivity (Wildman–Crippen MR) is 89.3 cm³/mol. The summed E-state index contributed by atoms with van der Waals surface area (Å²) in [5.41, 5.74) is 7.51. The zero-order valence-electron chi connectivity index (χ0n) is 10.2. The Morgan fingerprint density at radius 1 is 1.15 bits per heavy atom. The molecule has 2 nitrogen and oxygen atoms in total. The molecule has 0 aliphatic rings. The molecule has 0 radical (unpaired) electrons. The Kier molecular flexibility index (Phi) is 3.52. The second kappa shape index (κ2) is 5.18. The summed E-state index contributed by atoms with van der Waals surface area (Å²) >= 11 is 8.27. The summed E-state index contributed by atoms with van der Waals surface area (Å²) in [5, 5.41) is 2.41. The van der Waals surface area contributed by atoms with Crippen molar-refractivity contribution < 1.29 is 4.39 Å². The lowest BCUT2D eigenvalue weighted by molar-refractivity contribution is 0.628. The summed E-state index contributed by atoms with van der Waals surface area (Å²) < 4.78 is 14.0. The molecule has 1 heterocycles. The number of hydrogen-bond acceptors (Lipinski definition) is 2. The summed E-state index contributed by atoms with van der Waals surface area (Å²) in [4.78, 5) is 4.16. The van der Waals surface area contributed by atoms with Crippen LogP contribution in [0.2, 0.25) is 5.02 Å². The number of nitrogens with zero attached hydrogens (tertiary/aromatic N) is 1. The molecule has 0 saturated carbocycles. The van der Waals surface area contributed by atoms with Crippen LogP contribution in [0.3, 0.4) is 0 Å². The molecule has 3 aromatic rings. The van der Waals surface area contributed by atoms with Crippen molar-refractivity contribution in [3.63, 3.8) is 0 Å². The average Bonchev–Trinajstić information content (AvgIpc) is 2.43. The molecule has 100 valence electrons. The van der Waals surface area contributed by atoms with Gasteiger partial charge in [0.05, 0.1) is 8.59 Å². The third-order valence-corrected chi connectivity index (χ3v) is 4.54. The fraction of sp³-hybridized carbons (Fsp3) is 0. The first-order chi connectivity index (χ1) is 9.56. The minimum Gasteiger partial charge on any atom is -0.383 e. The molecular formula is C15H9ClFIN2. The van der Waals surface area contributed by atoms with Gasteiger partial charge in [0, 0.05) is 22.5 Å². The number of fused-ring (bicyclic) bond motifs is 1. The van der Waals surface area contributed by atoms with Gasteiger partial charge in [0.15, 0.2) is 0 Å². The maximum Gasteiger partial charge on any atom is 0.137 e. The molecule has 0 spiro atoms. The van der Waals surface area contributed by atoms with Gasteiger partial charge in [-0.15, -0.1) is 0 Å². The fourth-order valence-electron chi connectivity index (χ4n) is 2.09. The molecule has 0 bridgehead atoms. The number of nitrogen functional groups attached to an aromatic ring is 1. The lowest BCUT2D eigenvalue weighted by Gasteiger charge is -2.08. The molecule has 5 heteroatoms. The van der Waals surface area contributed by atoms with E-state index in [1.54, 1.807) is 12.3 Å². The van der Waals surface area contributed by atoms with Crippen molar-refractivity contribution >= 4 is 50.8 Å². The summed E-state index contributed by atoms with van der Waals surface area (Å²) in [7, 11) is 0. The van der Waals surface area contributed by atoms with Gasteiger partial charge in [0.1, 0.15) is 11.6 Å². The lowest BCUT2D eigenvalue weighted by atomic mass is 10.0. The van der Waals surface area contributed by atoms with Crippen molar-refractivity contribution in [2.75, 3.05) is 5.73 Å². The number of aromatic nitrogens is 1. The Morgan fingerprint density at radius 3 is 2.70 bits per heavy atom. The van der Waals surface area contributed by atoms with Crippen molar-refractivity contribution in [2.24, 2.45) is 0 Å². The van der Waals surface area contributed by atoms with Gasteiger partial charge in [0.2, 0.25) is 0 Å². The van der Waals surface area contributed by atoms with E-state index in [2.05, 4.69) is 27.6 Å². The van der Waals surface area contributed by atoms with Crippen molar-refractivity contribution in [1.29, 1.82) is 0 Å². The van der Waals surface area contributed by atoms with E-state index in [1.807, 2.05) is 18.2 Å². The standard InChI is InChI=1S/C15H9ClFIN2/c16-13-6-10(17)2-4-11(13)8-1-3-12-9(5-8)7-20-15(19)14(12)18/h1-7H,(H2,19,20). The second-order valence-electron chi connectivity index (χ2n) is 4.38. The Hall–Kier alpha value is -1.40. The fourth-order valence-corrected chi connectivity index (χ4v) is 3.00. The Labute approximate surface area is 133 Å². The zero-order chi connectivity index (χ0) is 14.3. The van der Waals surface area contributed by atoms with Gasteiger partial charge in [-0.05, 0) is 52.4 Å². The molecular weight excluding hydrogens is 390 g/mol. The molecule has 0 aliphatic heterocycles. The number of hydrogen-bond donors (Lipinski definition) is 1. The number of pyridine rings is 1. The molecule has 2 N–H and O–H groups in total. The van der Waals surface area contributed by atoms with Crippen LogP contribution in [0.25, 0.3) is 21.9 Å². The normalized spacial score (nSPS) is 10.9. The number of benzene rings is 2. The van der Waals surface area contributed by atoms with E-state index in [-0.39, 0.29) is 5.82 Å². The molecule has 0 amide bonds. The van der Waals surface area contributed by atoms with E-state index in [1.165, 1.54) is 12.1 Å².